The van der Waals surface area contributed by atoms with Crippen molar-refractivity contribution in [3.05, 3.63) is 48.8 Å². The molecule has 0 fully saturated rings. The first kappa shape index (κ1) is 15.3. The number of nitrogens with one attached hydrogen (secondary N) is 2. The largest absolute Gasteiger partial charge is 0.396 e. The summed E-state index contributed by atoms with van der Waals surface area (Å²) in [7, 11) is 1.93. The van der Waals surface area contributed by atoms with E-state index >= 15 is 0 Å². The predicted molar refractivity (Wildman–Crippen MR) is 88.9 cm³/mol. The Morgan fingerprint density at radius 2 is 2.30 bits per heavy atom. The number of rotatable bonds is 4. The van der Waals surface area contributed by atoms with Crippen molar-refractivity contribution < 1.29 is 9.90 Å². The molecule has 3 rings (SSSR count). The topological polar surface area (TPSA) is 79.2 Å². The lowest BCUT2D eigenvalue weighted by Crippen LogP contribution is -2.36. The molecule has 0 saturated carbocycles. The Balaban J connectivity index is 1.63. The van der Waals surface area contributed by atoms with E-state index < -0.39 is 0 Å². The van der Waals surface area contributed by atoms with Crippen LogP contribution in [0.15, 0.2) is 48.8 Å². The normalized spacial score (nSPS) is 19.7. The Hall–Kier alpha value is -2.60. The van der Waals surface area contributed by atoms with E-state index in [-0.39, 0.29) is 24.6 Å². The van der Waals surface area contributed by atoms with Crippen molar-refractivity contribution in [2.45, 2.75) is 12.5 Å². The number of urea groups is 1. The number of amides is 2. The Morgan fingerprint density at radius 1 is 1.43 bits per heavy atom. The molecule has 3 N–H and O–H groups in total. The highest BCUT2D eigenvalue weighted by atomic mass is 16.3. The molecule has 23 heavy (non-hydrogen) atoms. The van der Waals surface area contributed by atoms with Crippen LogP contribution in [0.25, 0.3) is 11.4 Å². The molecule has 0 radical (unpaired) electrons. The summed E-state index contributed by atoms with van der Waals surface area (Å²) in [6.45, 7) is 0.113. The molecule has 0 spiro atoms. The van der Waals surface area contributed by atoms with E-state index in [1.807, 2.05) is 54.2 Å². The van der Waals surface area contributed by atoms with E-state index in [1.54, 1.807) is 6.20 Å². The van der Waals surface area contributed by atoms with Gasteiger partial charge in [0, 0.05) is 49.3 Å². The van der Waals surface area contributed by atoms with Crippen molar-refractivity contribution in [1.82, 2.24) is 14.9 Å². The molecule has 120 valence electrons. The molecule has 0 saturated heterocycles. The number of nitrogens with zero attached hydrogens (tertiary/aromatic N) is 2. The molecule has 0 bridgehead atoms. The van der Waals surface area contributed by atoms with Gasteiger partial charge >= 0.3 is 6.03 Å². The number of aliphatic hydroxyl groups excluding tert-OH is 1. The molecule has 2 amide bonds. The summed E-state index contributed by atoms with van der Waals surface area (Å²) in [6.07, 6.45) is 8.22. The van der Waals surface area contributed by atoms with Gasteiger partial charge in [-0.15, -0.1) is 0 Å². The minimum Gasteiger partial charge on any atom is -0.396 e. The van der Waals surface area contributed by atoms with Gasteiger partial charge in [0.15, 0.2) is 0 Å². The molecule has 1 aromatic heterocycles. The molecule has 2 atom stereocenters. The quantitative estimate of drug-likeness (QED) is 0.757. The Kier molecular flexibility index (Phi) is 4.43. The molecule has 1 aliphatic carbocycles. The number of carbonyl (C=O) groups is 1. The lowest BCUT2D eigenvalue weighted by Gasteiger charge is -2.14. The van der Waals surface area contributed by atoms with Crippen LogP contribution < -0.4 is 10.6 Å². The molecular formula is C17H20N4O2. The second-order valence-corrected chi connectivity index (χ2v) is 5.71. The van der Waals surface area contributed by atoms with E-state index in [0.29, 0.717) is 5.69 Å². The Labute approximate surface area is 134 Å². The van der Waals surface area contributed by atoms with Gasteiger partial charge in [0.2, 0.25) is 0 Å². The van der Waals surface area contributed by atoms with Gasteiger partial charge in [-0.2, -0.15) is 0 Å². The standard InChI is InChI=1S/C17H20N4O2/c1-21-8-7-18-16(21)13-3-2-4-14(10-13)19-17(23)20-15-6-5-12(9-15)11-22/h2-8,10,12,15,22H,9,11H2,1H3,(H2,19,20,23)/t12-,15+/m0/s1. The van der Waals surface area contributed by atoms with Gasteiger partial charge < -0.3 is 20.3 Å². The maximum Gasteiger partial charge on any atom is 0.319 e. The van der Waals surface area contributed by atoms with Crippen molar-refractivity contribution in [1.29, 1.82) is 0 Å². The molecule has 1 aliphatic rings. The zero-order chi connectivity index (χ0) is 16.2. The monoisotopic (exact) mass is 312 g/mol. The first-order chi connectivity index (χ1) is 11.2. The Bertz CT molecular complexity index is 723. The second kappa shape index (κ2) is 6.66. The zero-order valence-electron chi connectivity index (χ0n) is 12.9. The molecule has 0 unspecified atom stereocenters. The van der Waals surface area contributed by atoms with Crippen LogP contribution in [0.1, 0.15) is 6.42 Å². The summed E-state index contributed by atoms with van der Waals surface area (Å²) in [6, 6.07) is 7.28. The van der Waals surface area contributed by atoms with Crippen molar-refractivity contribution in [3.8, 4) is 11.4 Å². The number of aromatic nitrogens is 2. The van der Waals surface area contributed by atoms with Crippen LogP contribution >= 0.6 is 0 Å². The highest BCUT2D eigenvalue weighted by Gasteiger charge is 2.19. The highest BCUT2D eigenvalue weighted by molar-refractivity contribution is 5.90. The van der Waals surface area contributed by atoms with E-state index in [4.69, 9.17) is 5.11 Å². The third-order valence-corrected chi connectivity index (χ3v) is 3.92. The fourth-order valence-corrected chi connectivity index (χ4v) is 2.73. The van der Waals surface area contributed by atoms with E-state index in [1.165, 1.54) is 0 Å². The summed E-state index contributed by atoms with van der Waals surface area (Å²) >= 11 is 0. The van der Waals surface area contributed by atoms with Crippen molar-refractivity contribution >= 4 is 11.7 Å². The first-order valence-electron chi connectivity index (χ1n) is 7.60. The predicted octanol–water partition coefficient (Wildman–Crippen LogP) is 2.15. The third kappa shape index (κ3) is 3.60. The molecule has 2 aromatic rings. The van der Waals surface area contributed by atoms with Gasteiger partial charge in [0.05, 0.1) is 0 Å². The smallest absolute Gasteiger partial charge is 0.319 e. The second-order valence-electron chi connectivity index (χ2n) is 5.71. The summed E-state index contributed by atoms with van der Waals surface area (Å²) in [4.78, 5) is 16.4. The van der Waals surface area contributed by atoms with Gasteiger partial charge in [-0.3, -0.25) is 0 Å². The molecule has 0 aliphatic heterocycles. The van der Waals surface area contributed by atoms with Gasteiger partial charge in [-0.05, 0) is 18.6 Å². The van der Waals surface area contributed by atoms with Crippen LogP contribution in [0.5, 0.6) is 0 Å². The van der Waals surface area contributed by atoms with Gasteiger partial charge in [0.25, 0.3) is 0 Å². The lowest BCUT2D eigenvalue weighted by molar-refractivity contribution is 0.238. The Morgan fingerprint density at radius 3 is 3.00 bits per heavy atom. The maximum absolute atomic E-state index is 12.1. The van der Waals surface area contributed by atoms with Crippen molar-refractivity contribution in [3.63, 3.8) is 0 Å². The first-order valence-corrected chi connectivity index (χ1v) is 7.60. The van der Waals surface area contributed by atoms with Crippen LogP contribution in [0.4, 0.5) is 10.5 Å². The highest BCUT2D eigenvalue weighted by Crippen LogP contribution is 2.21. The summed E-state index contributed by atoms with van der Waals surface area (Å²) < 4.78 is 1.93. The van der Waals surface area contributed by atoms with Gasteiger partial charge in [-0.1, -0.05) is 24.3 Å². The molecule has 1 heterocycles. The number of aryl methyl sites for hydroxylation is 1. The fourth-order valence-electron chi connectivity index (χ4n) is 2.73. The number of carbonyl (C=O) groups excluding carboxylic acids is 1. The van der Waals surface area contributed by atoms with Crippen LogP contribution in [-0.4, -0.2) is 33.3 Å². The number of hydrogen-bond donors (Lipinski definition) is 3. The van der Waals surface area contributed by atoms with E-state index in [9.17, 15) is 4.79 Å². The zero-order valence-corrected chi connectivity index (χ0v) is 12.9. The number of imidazole rings is 1. The molecular weight excluding hydrogens is 292 g/mol. The van der Waals surface area contributed by atoms with Crippen molar-refractivity contribution in [2.24, 2.45) is 13.0 Å². The van der Waals surface area contributed by atoms with Gasteiger partial charge in [-0.25, -0.2) is 9.78 Å². The van der Waals surface area contributed by atoms with Crippen LogP contribution in [0, 0.1) is 5.92 Å². The average molecular weight is 312 g/mol. The van der Waals surface area contributed by atoms with E-state index in [0.717, 1.165) is 17.8 Å². The lowest BCUT2D eigenvalue weighted by atomic mass is 10.1. The SMILES string of the molecule is Cn1ccnc1-c1cccc(NC(=O)N[C@@H]2C=C[C@H](CO)C2)c1. The summed E-state index contributed by atoms with van der Waals surface area (Å²) in [5, 5.41) is 14.8. The van der Waals surface area contributed by atoms with Gasteiger partial charge in [0.1, 0.15) is 5.82 Å². The van der Waals surface area contributed by atoms with Crippen LogP contribution in [0.3, 0.4) is 0 Å². The third-order valence-electron chi connectivity index (χ3n) is 3.92. The average Bonchev–Trinajstić information content (AvgIpc) is 3.16. The number of anilines is 1. The molecule has 1 aromatic carbocycles. The molecule has 6 heteroatoms. The number of hydrogen-bond acceptors (Lipinski definition) is 3. The summed E-state index contributed by atoms with van der Waals surface area (Å²) in [5.41, 5.74) is 1.65. The summed E-state index contributed by atoms with van der Waals surface area (Å²) in [5.74, 6) is 0.977. The van der Waals surface area contributed by atoms with E-state index in [2.05, 4.69) is 15.6 Å². The van der Waals surface area contributed by atoms with Crippen LogP contribution in [-0.2, 0) is 7.05 Å². The minimum atomic E-state index is -0.254. The van der Waals surface area contributed by atoms with Crippen molar-refractivity contribution in [2.75, 3.05) is 11.9 Å². The number of benzene rings is 1. The van der Waals surface area contributed by atoms with Crippen LogP contribution in [0.2, 0.25) is 0 Å². The molecule has 6 nitrogen and oxygen atoms in total. The maximum atomic E-state index is 12.1. The number of aliphatic hydroxyl groups is 1. The fraction of sp³-hybridized carbons (Fsp3) is 0.294. The minimum absolute atomic E-state index is 0.0372.